The summed E-state index contributed by atoms with van der Waals surface area (Å²) in [5.41, 5.74) is 5.29. The molecule has 0 saturated carbocycles. The summed E-state index contributed by atoms with van der Waals surface area (Å²) in [6.45, 7) is 2.31. The predicted octanol–water partition coefficient (Wildman–Crippen LogP) is -0.897. The average Bonchev–Trinajstić information content (AvgIpc) is 2.18. The predicted molar refractivity (Wildman–Crippen MR) is 51.9 cm³/mol. The van der Waals surface area contributed by atoms with Crippen LogP contribution in [0.2, 0.25) is 0 Å². The van der Waals surface area contributed by atoms with Crippen molar-refractivity contribution in [3.63, 3.8) is 0 Å². The molecule has 0 aromatic carbocycles. The minimum Gasteiger partial charge on any atom is -0.481 e. The largest absolute Gasteiger partial charge is 0.481 e. The minimum absolute atomic E-state index is 0.207. The van der Waals surface area contributed by atoms with Crippen LogP contribution in [0.4, 0.5) is 0 Å². The smallest absolute Gasteiger partial charge is 0.306 e. The van der Waals surface area contributed by atoms with Gasteiger partial charge in [-0.05, 0) is 25.9 Å². The number of aliphatic hydroxyl groups is 1. The van der Waals surface area contributed by atoms with E-state index in [0.717, 1.165) is 13.1 Å². The molecular weight excluding hydrogens is 184 g/mol. The highest BCUT2D eigenvalue weighted by Crippen LogP contribution is 2.17. The molecule has 0 aromatic rings. The van der Waals surface area contributed by atoms with E-state index in [1.165, 1.54) is 0 Å². The first-order chi connectivity index (χ1) is 6.63. The number of nitrogens with two attached hydrogens (primary N) is 1. The summed E-state index contributed by atoms with van der Waals surface area (Å²) in [5.74, 6) is -0.912. The van der Waals surface area contributed by atoms with E-state index in [-0.39, 0.29) is 12.5 Å². The van der Waals surface area contributed by atoms with Gasteiger partial charge in [-0.25, -0.2) is 0 Å². The zero-order valence-corrected chi connectivity index (χ0v) is 8.22. The van der Waals surface area contributed by atoms with E-state index < -0.39 is 12.1 Å². The Hall–Kier alpha value is -0.650. The number of piperidine rings is 1. The van der Waals surface area contributed by atoms with Gasteiger partial charge in [0.25, 0.3) is 0 Å². The van der Waals surface area contributed by atoms with Crippen LogP contribution in [-0.2, 0) is 4.79 Å². The number of hydrogen-bond donors (Lipinski definition) is 3. The number of aliphatic carboxylic acids is 1. The molecule has 4 N–H and O–H groups in total. The fourth-order valence-electron chi connectivity index (χ4n) is 1.74. The summed E-state index contributed by atoms with van der Waals surface area (Å²) >= 11 is 0. The van der Waals surface area contributed by atoms with Crippen LogP contribution >= 0.6 is 0 Å². The quantitative estimate of drug-likeness (QED) is 0.550. The lowest BCUT2D eigenvalue weighted by Crippen LogP contribution is -2.42. The van der Waals surface area contributed by atoms with Crippen molar-refractivity contribution in [3.05, 3.63) is 0 Å². The Labute approximate surface area is 83.5 Å². The molecule has 1 heterocycles. The molecule has 0 spiro atoms. The first-order valence-electron chi connectivity index (χ1n) is 4.96. The minimum atomic E-state index is -0.705. The zero-order valence-electron chi connectivity index (χ0n) is 8.22. The molecule has 1 unspecified atom stereocenters. The normalized spacial score (nSPS) is 22.1. The number of hydrogen-bond acceptors (Lipinski definition) is 4. The molecule has 1 saturated heterocycles. The van der Waals surface area contributed by atoms with Crippen LogP contribution in [0.3, 0.4) is 0 Å². The van der Waals surface area contributed by atoms with Gasteiger partial charge in [0.05, 0.1) is 12.0 Å². The maximum atomic E-state index is 10.7. The van der Waals surface area contributed by atoms with Gasteiger partial charge in [-0.2, -0.15) is 0 Å². The second kappa shape index (κ2) is 5.29. The summed E-state index contributed by atoms with van der Waals surface area (Å²) in [6, 6.07) is 0. The molecule has 82 valence electrons. The Morgan fingerprint density at radius 1 is 1.50 bits per heavy atom. The van der Waals surface area contributed by atoms with E-state index in [0.29, 0.717) is 19.4 Å². The second-order valence-corrected chi connectivity index (χ2v) is 3.80. The molecule has 5 nitrogen and oxygen atoms in total. The number of carboxylic acids is 1. The fraction of sp³-hybridized carbons (Fsp3) is 0.889. The van der Waals surface area contributed by atoms with Crippen LogP contribution in [-0.4, -0.2) is 53.4 Å². The van der Waals surface area contributed by atoms with Crippen LogP contribution < -0.4 is 5.73 Å². The number of likely N-dealkylation sites (tertiary alicyclic amines) is 1. The molecule has 14 heavy (non-hydrogen) atoms. The molecule has 0 aromatic heterocycles. The van der Waals surface area contributed by atoms with E-state index in [9.17, 15) is 9.90 Å². The van der Waals surface area contributed by atoms with Crippen molar-refractivity contribution in [3.8, 4) is 0 Å². The van der Waals surface area contributed by atoms with Gasteiger partial charge in [0, 0.05) is 13.1 Å². The third-order valence-electron chi connectivity index (χ3n) is 2.68. The lowest BCUT2D eigenvalue weighted by molar-refractivity contribution is -0.143. The number of nitrogens with zero attached hydrogens (tertiary/aromatic N) is 1. The van der Waals surface area contributed by atoms with Gasteiger partial charge in [0.15, 0.2) is 0 Å². The van der Waals surface area contributed by atoms with Gasteiger partial charge in [-0.15, -0.1) is 0 Å². The average molecular weight is 202 g/mol. The summed E-state index contributed by atoms with van der Waals surface area (Å²) < 4.78 is 0. The van der Waals surface area contributed by atoms with Crippen molar-refractivity contribution in [2.75, 3.05) is 26.2 Å². The molecule has 5 heteroatoms. The molecule has 1 rings (SSSR count). The van der Waals surface area contributed by atoms with Crippen LogP contribution in [0.1, 0.15) is 12.8 Å². The third-order valence-corrected chi connectivity index (χ3v) is 2.68. The lowest BCUT2D eigenvalue weighted by atomic mass is 9.97. The molecule has 0 bridgehead atoms. The summed E-state index contributed by atoms with van der Waals surface area (Å²) in [7, 11) is 0. The first-order valence-corrected chi connectivity index (χ1v) is 4.96. The molecule has 0 aliphatic carbocycles. The number of aliphatic hydroxyl groups excluding tert-OH is 1. The van der Waals surface area contributed by atoms with Crippen molar-refractivity contribution in [2.45, 2.75) is 18.9 Å². The first kappa shape index (κ1) is 11.4. The highest BCUT2D eigenvalue weighted by molar-refractivity contribution is 5.70. The number of β-amino-alcohol motifs (C(OH)–C–C–N with tert-alkyl or cyclic N) is 1. The Morgan fingerprint density at radius 2 is 2.07 bits per heavy atom. The van der Waals surface area contributed by atoms with Gasteiger partial charge in [0.2, 0.25) is 0 Å². The van der Waals surface area contributed by atoms with Gasteiger partial charge < -0.3 is 20.8 Å². The topological polar surface area (TPSA) is 86.8 Å². The van der Waals surface area contributed by atoms with Crippen LogP contribution in [0, 0.1) is 5.92 Å². The molecule has 0 amide bonds. The van der Waals surface area contributed by atoms with Crippen LogP contribution in [0.5, 0.6) is 0 Å². The Kier molecular flexibility index (Phi) is 4.31. The van der Waals surface area contributed by atoms with E-state index >= 15 is 0 Å². The van der Waals surface area contributed by atoms with Crippen LogP contribution in [0.15, 0.2) is 0 Å². The van der Waals surface area contributed by atoms with Crippen molar-refractivity contribution in [1.29, 1.82) is 0 Å². The molecular formula is C9H18N2O3. The number of carboxylic acid groups (broad SMARTS) is 1. The monoisotopic (exact) mass is 202 g/mol. The van der Waals surface area contributed by atoms with Gasteiger partial charge >= 0.3 is 5.97 Å². The Bertz CT molecular complexity index is 190. The maximum absolute atomic E-state index is 10.7. The molecule has 1 fully saturated rings. The summed E-state index contributed by atoms with van der Waals surface area (Å²) in [6.07, 6.45) is 0.857. The van der Waals surface area contributed by atoms with Crippen LogP contribution in [0.25, 0.3) is 0 Å². The maximum Gasteiger partial charge on any atom is 0.306 e. The Morgan fingerprint density at radius 3 is 2.50 bits per heavy atom. The van der Waals surface area contributed by atoms with Gasteiger partial charge in [-0.1, -0.05) is 0 Å². The van der Waals surface area contributed by atoms with Crippen molar-refractivity contribution in [2.24, 2.45) is 11.7 Å². The second-order valence-electron chi connectivity index (χ2n) is 3.80. The van der Waals surface area contributed by atoms with Gasteiger partial charge in [0.1, 0.15) is 0 Å². The van der Waals surface area contributed by atoms with Crippen molar-refractivity contribution >= 4 is 5.97 Å². The molecule has 1 aliphatic heterocycles. The van der Waals surface area contributed by atoms with Gasteiger partial charge in [-0.3, -0.25) is 4.79 Å². The van der Waals surface area contributed by atoms with E-state index in [1.54, 1.807) is 0 Å². The summed E-state index contributed by atoms with van der Waals surface area (Å²) in [5, 5.41) is 18.1. The van der Waals surface area contributed by atoms with E-state index in [2.05, 4.69) is 4.90 Å². The molecule has 1 aliphatic rings. The summed E-state index contributed by atoms with van der Waals surface area (Å²) in [4.78, 5) is 12.7. The highest BCUT2D eigenvalue weighted by Gasteiger charge is 2.24. The van der Waals surface area contributed by atoms with Crippen molar-refractivity contribution in [1.82, 2.24) is 4.90 Å². The van der Waals surface area contributed by atoms with E-state index in [4.69, 9.17) is 10.8 Å². The van der Waals surface area contributed by atoms with E-state index in [1.807, 2.05) is 0 Å². The number of carbonyl (C=O) groups is 1. The fourth-order valence-corrected chi connectivity index (χ4v) is 1.74. The standard InChI is InChI=1S/C9H18N2O3/c10-5-8(12)6-11-3-1-7(2-4-11)9(13)14/h7-8,12H,1-6,10H2,(H,13,14). The van der Waals surface area contributed by atoms with Crippen molar-refractivity contribution < 1.29 is 15.0 Å². The zero-order chi connectivity index (χ0) is 10.6. The Balaban J connectivity index is 2.25. The molecule has 1 atom stereocenters. The molecule has 0 radical (unpaired) electrons. The lowest BCUT2D eigenvalue weighted by Gasteiger charge is -2.31. The third kappa shape index (κ3) is 3.25. The highest BCUT2D eigenvalue weighted by atomic mass is 16.4. The number of rotatable bonds is 4. The SMILES string of the molecule is NCC(O)CN1CCC(C(=O)O)CC1.